The van der Waals surface area contributed by atoms with Gasteiger partial charge in [-0.25, -0.2) is 4.39 Å². The van der Waals surface area contributed by atoms with Gasteiger partial charge >= 0.3 is 0 Å². The number of carbonyl (C=O) groups excluding carboxylic acids is 1. The number of halogens is 1. The van der Waals surface area contributed by atoms with Crippen LogP contribution in [0.5, 0.6) is 0 Å². The predicted octanol–water partition coefficient (Wildman–Crippen LogP) is 1.36. The second kappa shape index (κ2) is 2.71. The van der Waals surface area contributed by atoms with E-state index in [2.05, 4.69) is 0 Å². The van der Waals surface area contributed by atoms with Gasteiger partial charge in [0.15, 0.2) is 0 Å². The molecule has 0 aromatic carbocycles. The molecule has 1 heterocycles. The van der Waals surface area contributed by atoms with Crippen LogP contribution in [-0.4, -0.2) is 29.6 Å². The van der Waals surface area contributed by atoms with Crippen molar-refractivity contribution in [1.82, 2.24) is 4.90 Å². The molecule has 68 valence electrons. The minimum absolute atomic E-state index is 0.0486. The fourth-order valence-corrected chi connectivity index (χ4v) is 1.89. The Hall–Kier alpha value is -0.600. The van der Waals surface area contributed by atoms with Gasteiger partial charge in [-0.15, -0.1) is 0 Å². The summed E-state index contributed by atoms with van der Waals surface area (Å²) in [5.74, 6) is -0.238. The van der Waals surface area contributed by atoms with Crippen LogP contribution in [0.4, 0.5) is 4.39 Å². The third-order valence-corrected chi connectivity index (χ3v) is 2.87. The Labute approximate surface area is 71.7 Å². The summed E-state index contributed by atoms with van der Waals surface area (Å²) >= 11 is 0. The third kappa shape index (κ3) is 1.21. The zero-order valence-corrected chi connectivity index (χ0v) is 7.29. The zero-order chi connectivity index (χ0) is 8.72. The van der Waals surface area contributed by atoms with E-state index in [-0.39, 0.29) is 11.8 Å². The summed E-state index contributed by atoms with van der Waals surface area (Å²) in [7, 11) is 0. The molecule has 1 aliphatic heterocycles. The van der Waals surface area contributed by atoms with Crippen LogP contribution >= 0.6 is 0 Å². The van der Waals surface area contributed by atoms with E-state index in [1.807, 2.05) is 11.8 Å². The smallest absolute Gasteiger partial charge is 0.228 e. The van der Waals surface area contributed by atoms with Crippen LogP contribution in [0.15, 0.2) is 0 Å². The Morgan fingerprint density at radius 1 is 1.58 bits per heavy atom. The molecule has 3 unspecified atom stereocenters. The summed E-state index contributed by atoms with van der Waals surface area (Å²) < 4.78 is 12.6. The SMILES string of the molecule is CC1CCCN1C(=O)C1CC1F. The lowest BCUT2D eigenvalue weighted by Crippen LogP contribution is -2.35. The van der Waals surface area contributed by atoms with Crippen LogP contribution in [0, 0.1) is 5.92 Å². The number of amides is 1. The van der Waals surface area contributed by atoms with E-state index in [0.29, 0.717) is 12.5 Å². The van der Waals surface area contributed by atoms with Crippen LogP contribution in [0.1, 0.15) is 26.2 Å². The molecule has 2 fully saturated rings. The van der Waals surface area contributed by atoms with Gasteiger partial charge in [-0.05, 0) is 26.2 Å². The molecule has 12 heavy (non-hydrogen) atoms. The van der Waals surface area contributed by atoms with Crippen LogP contribution in [0.2, 0.25) is 0 Å². The Balaban J connectivity index is 1.95. The number of nitrogens with zero attached hydrogens (tertiary/aromatic N) is 1. The lowest BCUT2D eigenvalue weighted by molar-refractivity contribution is -0.133. The lowest BCUT2D eigenvalue weighted by atomic mass is 10.2. The maximum absolute atomic E-state index is 12.6. The molecule has 0 spiro atoms. The maximum atomic E-state index is 12.6. The van der Waals surface area contributed by atoms with Crippen molar-refractivity contribution in [2.75, 3.05) is 6.54 Å². The first kappa shape index (κ1) is 8.02. The summed E-state index contributed by atoms with van der Waals surface area (Å²) in [5.41, 5.74) is 0. The maximum Gasteiger partial charge on any atom is 0.228 e. The van der Waals surface area contributed by atoms with Crippen molar-refractivity contribution in [3.8, 4) is 0 Å². The van der Waals surface area contributed by atoms with E-state index in [0.717, 1.165) is 19.4 Å². The van der Waals surface area contributed by atoms with Crippen molar-refractivity contribution in [3.63, 3.8) is 0 Å². The van der Waals surface area contributed by atoms with Crippen LogP contribution in [-0.2, 0) is 4.79 Å². The van der Waals surface area contributed by atoms with Crippen LogP contribution in [0.25, 0.3) is 0 Å². The van der Waals surface area contributed by atoms with Crippen molar-refractivity contribution < 1.29 is 9.18 Å². The molecule has 0 radical (unpaired) electrons. The van der Waals surface area contributed by atoms with E-state index in [1.54, 1.807) is 0 Å². The lowest BCUT2D eigenvalue weighted by Gasteiger charge is -2.20. The Morgan fingerprint density at radius 3 is 2.67 bits per heavy atom. The van der Waals surface area contributed by atoms with Crippen molar-refractivity contribution in [2.24, 2.45) is 5.92 Å². The Morgan fingerprint density at radius 2 is 2.25 bits per heavy atom. The number of rotatable bonds is 1. The first-order valence-corrected chi connectivity index (χ1v) is 4.64. The van der Waals surface area contributed by atoms with Gasteiger partial charge in [0, 0.05) is 12.6 Å². The molecule has 0 aromatic rings. The molecule has 1 saturated heterocycles. The Kier molecular flexibility index (Phi) is 1.81. The number of likely N-dealkylation sites (tertiary alicyclic amines) is 1. The minimum atomic E-state index is -0.842. The van der Waals surface area contributed by atoms with Gasteiger partial charge in [0.2, 0.25) is 5.91 Å². The summed E-state index contributed by atoms with van der Waals surface area (Å²) in [4.78, 5) is 13.4. The minimum Gasteiger partial charge on any atom is -0.340 e. The average Bonchev–Trinajstić information content (AvgIpc) is 2.59. The van der Waals surface area contributed by atoms with E-state index in [4.69, 9.17) is 0 Å². The van der Waals surface area contributed by atoms with E-state index in [9.17, 15) is 9.18 Å². The highest BCUT2D eigenvalue weighted by molar-refractivity contribution is 5.82. The molecule has 2 nitrogen and oxygen atoms in total. The van der Waals surface area contributed by atoms with Gasteiger partial charge in [0.1, 0.15) is 6.17 Å². The molecule has 1 saturated carbocycles. The molecule has 1 aliphatic carbocycles. The highest BCUT2D eigenvalue weighted by Gasteiger charge is 2.46. The molecule has 0 bridgehead atoms. The fraction of sp³-hybridized carbons (Fsp3) is 0.889. The van der Waals surface area contributed by atoms with Crippen molar-refractivity contribution >= 4 is 5.91 Å². The molecule has 3 heteroatoms. The first-order valence-electron chi connectivity index (χ1n) is 4.64. The highest BCUT2D eigenvalue weighted by Crippen LogP contribution is 2.37. The van der Waals surface area contributed by atoms with Gasteiger partial charge < -0.3 is 4.90 Å². The standard InChI is InChI=1S/C9H14FNO/c1-6-3-2-4-11(6)9(12)7-5-8(7)10/h6-8H,2-5H2,1H3. The summed E-state index contributed by atoms with van der Waals surface area (Å²) in [5, 5.41) is 0. The molecule has 1 amide bonds. The largest absolute Gasteiger partial charge is 0.340 e. The second-order valence-electron chi connectivity index (χ2n) is 3.88. The summed E-state index contributed by atoms with van der Waals surface area (Å²) in [6.45, 7) is 2.88. The van der Waals surface area contributed by atoms with E-state index < -0.39 is 6.17 Å². The third-order valence-electron chi connectivity index (χ3n) is 2.87. The summed E-state index contributed by atoms with van der Waals surface area (Å²) in [6.07, 6.45) is 1.78. The molecule has 2 rings (SSSR count). The average molecular weight is 171 g/mol. The molecule has 0 N–H and O–H groups in total. The van der Waals surface area contributed by atoms with Gasteiger partial charge in [-0.1, -0.05) is 0 Å². The van der Waals surface area contributed by atoms with Gasteiger partial charge in [-0.3, -0.25) is 4.79 Å². The van der Waals surface area contributed by atoms with E-state index in [1.165, 1.54) is 0 Å². The van der Waals surface area contributed by atoms with Gasteiger partial charge in [0.25, 0.3) is 0 Å². The number of alkyl halides is 1. The van der Waals surface area contributed by atoms with Gasteiger partial charge in [-0.2, -0.15) is 0 Å². The predicted molar refractivity (Wildman–Crippen MR) is 43.4 cm³/mol. The topological polar surface area (TPSA) is 20.3 Å². The monoisotopic (exact) mass is 171 g/mol. The number of carbonyl (C=O) groups is 1. The van der Waals surface area contributed by atoms with Crippen molar-refractivity contribution in [3.05, 3.63) is 0 Å². The number of hydrogen-bond acceptors (Lipinski definition) is 1. The highest BCUT2D eigenvalue weighted by atomic mass is 19.1. The first-order chi connectivity index (χ1) is 5.70. The quantitative estimate of drug-likeness (QED) is 0.583. The fourth-order valence-electron chi connectivity index (χ4n) is 1.89. The van der Waals surface area contributed by atoms with Crippen molar-refractivity contribution in [1.29, 1.82) is 0 Å². The molecule has 0 aromatic heterocycles. The Bertz CT molecular complexity index is 207. The molecule has 3 atom stereocenters. The normalized spacial score (nSPS) is 40.2. The summed E-state index contributed by atoms with van der Waals surface area (Å²) in [6, 6.07) is 0.338. The van der Waals surface area contributed by atoms with Crippen molar-refractivity contribution in [2.45, 2.75) is 38.4 Å². The molecular weight excluding hydrogens is 157 g/mol. The molecule has 2 aliphatic rings. The number of hydrogen-bond donors (Lipinski definition) is 0. The van der Waals surface area contributed by atoms with Crippen LogP contribution in [0.3, 0.4) is 0 Å². The van der Waals surface area contributed by atoms with E-state index >= 15 is 0 Å². The van der Waals surface area contributed by atoms with Gasteiger partial charge in [0.05, 0.1) is 5.92 Å². The second-order valence-corrected chi connectivity index (χ2v) is 3.88. The zero-order valence-electron chi connectivity index (χ0n) is 7.29. The van der Waals surface area contributed by atoms with Crippen LogP contribution < -0.4 is 0 Å². The molecular formula is C9H14FNO.